The zero-order chi connectivity index (χ0) is 12.9. The number of nitrogens with zero attached hydrogens (tertiary/aromatic N) is 1. The summed E-state index contributed by atoms with van der Waals surface area (Å²) in [5, 5.41) is 0. The van der Waals surface area contributed by atoms with Crippen LogP contribution in [-0.4, -0.2) is 30.1 Å². The lowest BCUT2D eigenvalue weighted by Gasteiger charge is -2.37. The van der Waals surface area contributed by atoms with E-state index >= 15 is 0 Å². The van der Waals surface area contributed by atoms with E-state index < -0.39 is 0 Å². The Morgan fingerprint density at radius 1 is 0.947 bits per heavy atom. The van der Waals surface area contributed by atoms with Crippen molar-refractivity contribution in [2.45, 2.75) is 50.6 Å². The molecule has 1 saturated heterocycles. The van der Waals surface area contributed by atoms with Gasteiger partial charge in [-0.25, -0.2) is 0 Å². The van der Waals surface area contributed by atoms with E-state index in [-0.39, 0.29) is 0 Å². The largest absolute Gasteiger partial charge is 0.408 e. The molecule has 0 radical (unpaired) electrons. The predicted octanol–water partition coefficient (Wildman–Crippen LogP) is 2.98. The molecule has 0 aromatic heterocycles. The van der Waals surface area contributed by atoms with E-state index in [9.17, 15) is 0 Å². The standard InChI is InChI=1S/C16H24N2O/c1-2-8-14(9-3-1)19-17-15-10-4-5-11-16(15)18-12-6-7-13-18/h1-3,8-9,15-17H,4-7,10-13H2. The van der Waals surface area contributed by atoms with Crippen molar-refractivity contribution in [1.29, 1.82) is 0 Å². The molecule has 0 spiro atoms. The summed E-state index contributed by atoms with van der Waals surface area (Å²) in [6, 6.07) is 11.2. The molecule has 1 aliphatic carbocycles. The molecule has 1 heterocycles. The highest BCUT2D eigenvalue weighted by Gasteiger charge is 2.31. The van der Waals surface area contributed by atoms with Crippen LogP contribution in [-0.2, 0) is 0 Å². The van der Waals surface area contributed by atoms with Crippen LogP contribution in [0.2, 0.25) is 0 Å². The third-order valence-corrected chi connectivity index (χ3v) is 4.41. The van der Waals surface area contributed by atoms with Gasteiger partial charge in [-0.1, -0.05) is 31.0 Å². The highest BCUT2D eigenvalue weighted by molar-refractivity contribution is 5.20. The first-order valence-electron chi connectivity index (χ1n) is 7.65. The van der Waals surface area contributed by atoms with Crippen molar-refractivity contribution in [2.24, 2.45) is 0 Å². The zero-order valence-corrected chi connectivity index (χ0v) is 11.6. The zero-order valence-electron chi connectivity index (χ0n) is 11.6. The second-order valence-corrected chi connectivity index (χ2v) is 5.73. The van der Waals surface area contributed by atoms with E-state index in [4.69, 9.17) is 4.84 Å². The minimum atomic E-state index is 0.479. The van der Waals surface area contributed by atoms with E-state index in [1.807, 2.05) is 30.3 Å². The first kappa shape index (κ1) is 12.9. The fourth-order valence-corrected chi connectivity index (χ4v) is 3.39. The van der Waals surface area contributed by atoms with Crippen LogP contribution >= 0.6 is 0 Å². The monoisotopic (exact) mass is 260 g/mol. The van der Waals surface area contributed by atoms with Gasteiger partial charge in [-0.2, -0.15) is 5.48 Å². The molecule has 2 aliphatic rings. The highest BCUT2D eigenvalue weighted by atomic mass is 16.6. The van der Waals surface area contributed by atoms with Crippen LogP contribution in [0.1, 0.15) is 38.5 Å². The molecule has 3 rings (SSSR count). The summed E-state index contributed by atoms with van der Waals surface area (Å²) in [7, 11) is 0. The minimum Gasteiger partial charge on any atom is -0.408 e. The molecule has 2 atom stereocenters. The lowest BCUT2D eigenvalue weighted by molar-refractivity contribution is 0.0650. The number of para-hydroxylation sites is 1. The average molecular weight is 260 g/mol. The van der Waals surface area contributed by atoms with Gasteiger partial charge >= 0.3 is 0 Å². The van der Waals surface area contributed by atoms with Crippen molar-refractivity contribution in [3.63, 3.8) is 0 Å². The molecule has 1 aliphatic heterocycles. The van der Waals surface area contributed by atoms with E-state index in [2.05, 4.69) is 10.4 Å². The maximum Gasteiger partial charge on any atom is 0.147 e. The molecule has 1 N–H and O–H groups in total. The van der Waals surface area contributed by atoms with Crippen molar-refractivity contribution in [1.82, 2.24) is 10.4 Å². The van der Waals surface area contributed by atoms with Crippen molar-refractivity contribution in [2.75, 3.05) is 13.1 Å². The Bertz CT molecular complexity index is 376. The normalized spacial score (nSPS) is 28.4. The third-order valence-electron chi connectivity index (χ3n) is 4.41. The van der Waals surface area contributed by atoms with Gasteiger partial charge in [0.05, 0.1) is 6.04 Å². The number of rotatable bonds is 4. The smallest absolute Gasteiger partial charge is 0.147 e. The fourth-order valence-electron chi connectivity index (χ4n) is 3.39. The predicted molar refractivity (Wildman–Crippen MR) is 77.1 cm³/mol. The molecular weight excluding hydrogens is 236 g/mol. The quantitative estimate of drug-likeness (QED) is 0.842. The SMILES string of the molecule is c1ccc(ONC2CCCCC2N2CCCC2)cc1. The lowest BCUT2D eigenvalue weighted by Crippen LogP contribution is -2.51. The van der Waals surface area contributed by atoms with Crippen molar-refractivity contribution in [3.05, 3.63) is 30.3 Å². The van der Waals surface area contributed by atoms with Crippen molar-refractivity contribution < 1.29 is 4.84 Å². The van der Waals surface area contributed by atoms with Crippen molar-refractivity contribution >= 4 is 0 Å². The summed E-state index contributed by atoms with van der Waals surface area (Å²) in [6.07, 6.45) is 7.96. The number of hydrogen-bond acceptors (Lipinski definition) is 3. The van der Waals surface area contributed by atoms with Gasteiger partial charge in [0, 0.05) is 6.04 Å². The summed E-state index contributed by atoms with van der Waals surface area (Å²) in [6.45, 7) is 2.54. The van der Waals surface area contributed by atoms with Crippen LogP contribution in [0.15, 0.2) is 30.3 Å². The maximum absolute atomic E-state index is 5.76. The Hall–Kier alpha value is -1.06. The second-order valence-electron chi connectivity index (χ2n) is 5.73. The van der Waals surface area contributed by atoms with Crippen LogP contribution in [0.3, 0.4) is 0 Å². The van der Waals surface area contributed by atoms with Crippen LogP contribution in [0, 0.1) is 0 Å². The van der Waals surface area contributed by atoms with Crippen LogP contribution < -0.4 is 10.3 Å². The van der Waals surface area contributed by atoms with E-state index in [0.29, 0.717) is 12.1 Å². The van der Waals surface area contributed by atoms with Crippen LogP contribution in [0.25, 0.3) is 0 Å². The highest BCUT2D eigenvalue weighted by Crippen LogP contribution is 2.26. The Kier molecular flexibility index (Phi) is 4.36. The molecule has 104 valence electrons. The second kappa shape index (κ2) is 6.40. The number of hydrogen-bond donors (Lipinski definition) is 1. The Labute approximate surface area is 115 Å². The van der Waals surface area contributed by atoms with Gasteiger partial charge < -0.3 is 4.84 Å². The van der Waals surface area contributed by atoms with E-state index in [1.165, 1.54) is 51.6 Å². The average Bonchev–Trinajstić information content (AvgIpc) is 3.01. The van der Waals surface area contributed by atoms with Gasteiger partial charge in [0.1, 0.15) is 5.75 Å². The molecule has 1 aromatic carbocycles. The van der Waals surface area contributed by atoms with Gasteiger partial charge in [0.15, 0.2) is 0 Å². The molecule has 3 nitrogen and oxygen atoms in total. The molecule has 3 heteroatoms. The molecule has 19 heavy (non-hydrogen) atoms. The summed E-state index contributed by atoms with van der Waals surface area (Å²) in [5.41, 5.74) is 3.32. The minimum absolute atomic E-state index is 0.479. The first-order valence-corrected chi connectivity index (χ1v) is 7.65. The van der Waals surface area contributed by atoms with Gasteiger partial charge in [0.2, 0.25) is 0 Å². The van der Waals surface area contributed by atoms with Gasteiger partial charge in [0.25, 0.3) is 0 Å². The Balaban J connectivity index is 1.57. The summed E-state index contributed by atoms with van der Waals surface area (Å²) in [5.74, 6) is 0.910. The molecular formula is C16H24N2O. The molecule has 2 unspecified atom stereocenters. The lowest BCUT2D eigenvalue weighted by atomic mass is 9.90. The summed E-state index contributed by atoms with van der Waals surface area (Å²) >= 11 is 0. The molecule has 1 aromatic rings. The first-order chi connectivity index (χ1) is 9.43. The number of nitrogens with one attached hydrogen (secondary N) is 1. The maximum atomic E-state index is 5.76. The Morgan fingerprint density at radius 3 is 2.47 bits per heavy atom. The number of benzene rings is 1. The van der Waals surface area contributed by atoms with Crippen molar-refractivity contribution in [3.8, 4) is 5.75 Å². The number of likely N-dealkylation sites (tertiary alicyclic amines) is 1. The van der Waals surface area contributed by atoms with Gasteiger partial charge in [-0.3, -0.25) is 4.90 Å². The molecule has 0 bridgehead atoms. The van der Waals surface area contributed by atoms with Crippen LogP contribution in [0.5, 0.6) is 5.75 Å². The topological polar surface area (TPSA) is 24.5 Å². The fraction of sp³-hybridized carbons (Fsp3) is 0.625. The summed E-state index contributed by atoms with van der Waals surface area (Å²) in [4.78, 5) is 8.42. The Morgan fingerprint density at radius 2 is 1.68 bits per heavy atom. The molecule has 0 amide bonds. The third kappa shape index (κ3) is 3.28. The van der Waals surface area contributed by atoms with Crippen LogP contribution in [0.4, 0.5) is 0 Å². The van der Waals surface area contributed by atoms with Gasteiger partial charge in [-0.05, 0) is 50.9 Å². The molecule has 1 saturated carbocycles. The van der Waals surface area contributed by atoms with E-state index in [0.717, 1.165) is 5.75 Å². The molecule has 2 fully saturated rings. The van der Waals surface area contributed by atoms with E-state index in [1.54, 1.807) is 0 Å². The van der Waals surface area contributed by atoms with Gasteiger partial charge in [-0.15, -0.1) is 0 Å². The summed E-state index contributed by atoms with van der Waals surface area (Å²) < 4.78 is 0. The number of hydroxylamine groups is 1.